The van der Waals surface area contributed by atoms with Gasteiger partial charge in [0.25, 0.3) is 9.04 Å². The highest BCUT2D eigenvalue weighted by Gasteiger charge is 2.27. The number of fused-ring (bicyclic) bond motifs is 1. The lowest BCUT2D eigenvalue weighted by Crippen LogP contribution is -2.29. The molecule has 1 aromatic heterocycles. The Morgan fingerprint density at radius 3 is 2.38 bits per heavy atom. The Morgan fingerprint density at radius 2 is 1.83 bits per heavy atom. The number of anilines is 1. The zero-order valence-electron chi connectivity index (χ0n) is 15.4. The summed E-state index contributed by atoms with van der Waals surface area (Å²) in [4.78, 5) is 12.4. The van der Waals surface area contributed by atoms with Crippen molar-refractivity contribution in [3.05, 3.63) is 18.2 Å². The second kappa shape index (κ2) is 6.12. The van der Waals surface area contributed by atoms with Crippen LogP contribution in [0.15, 0.2) is 18.2 Å². The van der Waals surface area contributed by atoms with Gasteiger partial charge in [0.05, 0.1) is 5.52 Å². The van der Waals surface area contributed by atoms with E-state index in [1.165, 1.54) is 4.68 Å². The number of rotatable bonds is 2. The maximum Gasteiger partial charge on any atom is 0.435 e. The largest absolute Gasteiger partial charge is 0.542 e. The minimum absolute atomic E-state index is 0.101. The monoisotopic (exact) mass is 348 g/mol. The Balaban J connectivity index is 2.40. The van der Waals surface area contributed by atoms with Crippen molar-refractivity contribution in [3.63, 3.8) is 0 Å². The van der Waals surface area contributed by atoms with Crippen LogP contribution in [0, 0.1) is 0 Å². The lowest BCUT2D eigenvalue weighted by Gasteiger charge is -2.25. The number of ether oxygens (including phenoxy) is 1. The second-order valence-corrected chi connectivity index (χ2v) is 10.7. The number of carbonyl (C=O) groups is 1. The first-order valence-corrected chi connectivity index (χ1v) is 9.83. The molecule has 0 saturated heterocycles. The van der Waals surface area contributed by atoms with Gasteiger partial charge in [0.2, 0.25) is 0 Å². The molecule has 0 atom stereocenters. The van der Waals surface area contributed by atoms with Gasteiger partial charge in [-0.05, 0) is 44.5 Å². The van der Waals surface area contributed by atoms with E-state index < -0.39 is 20.7 Å². The highest BCUT2D eigenvalue weighted by Crippen LogP contribution is 2.31. The van der Waals surface area contributed by atoms with Crippen molar-refractivity contribution < 1.29 is 14.0 Å². The number of carbonyl (C=O) groups excluding carboxylic acids is 1. The van der Waals surface area contributed by atoms with Crippen LogP contribution in [0.5, 0.6) is 5.75 Å². The molecule has 0 amide bonds. The Hall–Kier alpha value is -2.02. The molecule has 2 N–H and O–H groups in total. The first-order chi connectivity index (χ1) is 10.9. The third kappa shape index (κ3) is 4.08. The van der Waals surface area contributed by atoms with Crippen LogP contribution in [-0.4, -0.2) is 30.5 Å². The van der Waals surface area contributed by atoms with E-state index in [0.717, 1.165) is 0 Å². The van der Waals surface area contributed by atoms with E-state index in [2.05, 4.69) is 32.4 Å². The smallest absolute Gasteiger partial charge is 0.435 e. The van der Waals surface area contributed by atoms with E-state index >= 15 is 0 Å². The molecule has 0 saturated carbocycles. The summed E-state index contributed by atoms with van der Waals surface area (Å²) in [6.07, 6.45) is -0.556. The Bertz CT molecular complexity index is 757. The highest BCUT2D eigenvalue weighted by molar-refractivity contribution is 6.54. The molecule has 0 aliphatic heterocycles. The fourth-order valence-corrected chi connectivity index (χ4v) is 2.74. The SMILES string of the molecule is C[Si](Oc1ccc2c(N)nn(C(=O)OC(C)(C)C)c2c1)C(C)(C)C. The molecule has 6 nitrogen and oxygen atoms in total. The predicted molar refractivity (Wildman–Crippen MR) is 97.7 cm³/mol. The summed E-state index contributed by atoms with van der Waals surface area (Å²) < 4.78 is 12.7. The minimum atomic E-state index is -1.06. The van der Waals surface area contributed by atoms with Crippen molar-refractivity contribution >= 4 is 31.9 Å². The van der Waals surface area contributed by atoms with Crippen molar-refractivity contribution in [2.24, 2.45) is 0 Å². The molecular formula is C17H26N3O3Si. The topological polar surface area (TPSA) is 79.4 Å². The maximum absolute atomic E-state index is 12.4. The van der Waals surface area contributed by atoms with Gasteiger partial charge in [-0.15, -0.1) is 5.10 Å². The summed E-state index contributed by atoms with van der Waals surface area (Å²) in [6.45, 7) is 14.0. The molecule has 1 radical (unpaired) electrons. The molecule has 24 heavy (non-hydrogen) atoms. The summed E-state index contributed by atoms with van der Waals surface area (Å²) in [5.74, 6) is 0.999. The molecule has 131 valence electrons. The summed E-state index contributed by atoms with van der Waals surface area (Å²) >= 11 is 0. The van der Waals surface area contributed by atoms with E-state index in [4.69, 9.17) is 14.9 Å². The molecule has 0 aliphatic carbocycles. The third-order valence-corrected chi connectivity index (χ3v) is 6.23. The molecule has 0 spiro atoms. The van der Waals surface area contributed by atoms with Gasteiger partial charge in [-0.1, -0.05) is 20.8 Å². The quantitative estimate of drug-likeness (QED) is 0.823. The average molecular weight is 348 g/mol. The average Bonchev–Trinajstić information content (AvgIpc) is 2.73. The molecule has 0 unspecified atom stereocenters. The van der Waals surface area contributed by atoms with Crippen LogP contribution in [0.4, 0.5) is 10.6 Å². The minimum Gasteiger partial charge on any atom is -0.542 e. The molecule has 2 rings (SSSR count). The fraction of sp³-hybridized carbons (Fsp3) is 0.529. The maximum atomic E-state index is 12.4. The van der Waals surface area contributed by atoms with Crippen LogP contribution >= 0.6 is 0 Å². The van der Waals surface area contributed by atoms with Crippen molar-refractivity contribution in [2.45, 2.75) is 58.7 Å². The van der Waals surface area contributed by atoms with Gasteiger partial charge in [-0.3, -0.25) is 0 Å². The molecule has 7 heteroatoms. The molecular weight excluding hydrogens is 322 g/mol. The van der Waals surface area contributed by atoms with E-state index in [9.17, 15) is 4.79 Å². The molecule has 1 aromatic carbocycles. The van der Waals surface area contributed by atoms with E-state index in [1.54, 1.807) is 6.07 Å². The van der Waals surface area contributed by atoms with Crippen molar-refractivity contribution in [2.75, 3.05) is 5.73 Å². The van der Waals surface area contributed by atoms with Crippen LogP contribution in [-0.2, 0) is 4.74 Å². The molecule has 1 heterocycles. The zero-order valence-corrected chi connectivity index (χ0v) is 16.4. The summed E-state index contributed by atoms with van der Waals surface area (Å²) in [6, 6.07) is 5.48. The van der Waals surface area contributed by atoms with Gasteiger partial charge in [0.1, 0.15) is 11.4 Å². The number of nitrogens with two attached hydrogens (primary N) is 1. The molecule has 2 aromatic rings. The number of aromatic nitrogens is 2. The summed E-state index contributed by atoms with van der Waals surface area (Å²) in [5, 5.41) is 4.92. The number of hydrogen-bond acceptors (Lipinski definition) is 5. The van der Waals surface area contributed by atoms with Crippen LogP contribution < -0.4 is 10.2 Å². The van der Waals surface area contributed by atoms with Crippen molar-refractivity contribution in [1.29, 1.82) is 0 Å². The van der Waals surface area contributed by atoms with Gasteiger partial charge in [-0.25, -0.2) is 4.79 Å². The molecule has 0 aliphatic rings. The summed E-state index contributed by atoms with van der Waals surface area (Å²) in [5.41, 5.74) is 5.90. The Kier molecular flexibility index (Phi) is 4.67. The van der Waals surface area contributed by atoms with Crippen LogP contribution in [0.1, 0.15) is 41.5 Å². The lowest BCUT2D eigenvalue weighted by atomic mass is 10.2. The molecule has 0 bridgehead atoms. The highest BCUT2D eigenvalue weighted by atomic mass is 28.3. The van der Waals surface area contributed by atoms with E-state index in [0.29, 0.717) is 22.5 Å². The first kappa shape index (κ1) is 18.3. The van der Waals surface area contributed by atoms with Gasteiger partial charge < -0.3 is 14.9 Å². The van der Waals surface area contributed by atoms with Crippen molar-refractivity contribution in [1.82, 2.24) is 9.78 Å². The fourth-order valence-electron chi connectivity index (χ4n) is 1.96. The van der Waals surface area contributed by atoms with Gasteiger partial charge >= 0.3 is 6.09 Å². The van der Waals surface area contributed by atoms with Crippen LogP contribution in [0.3, 0.4) is 0 Å². The van der Waals surface area contributed by atoms with Gasteiger partial charge in [-0.2, -0.15) is 4.68 Å². The van der Waals surface area contributed by atoms with Crippen molar-refractivity contribution in [3.8, 4) is 5.75 Å². The van der Waals surface area contributed by atoms with Gasteiger partial charge in [0, 0.05) is 11.5 Å². The number of nitrogen functional groups attached to an aromatic ring is 1. The van der Waals surface area contributed by atoms with E-state index in [1.807, 2.05) is 32.9 Å². The lowest BCUT2D eigenvalue weighted by molar-refractivity contribution is 0.0523. The number of nitrogens with zero attached hydrogens (tertiary/aromatic N) is 2. The Labute approximate surface area is 144 Å². The number of hydrogen-bond donors (Lipinski definition) is 1. The van der Waals surface area contributed by atoms with Gasteiger partial charge in [0.15, 0.2) is 5.82 Å². The van der Waals surface area contributed by atoms with Crippen LogP contribution in [0.25, 0.3) is 10.9 Å². The third-order valence-electron chi connectivity index (χ3n) is 3.57. The second-order valence-electron chi connectivity index (χ2n) is 7.86. The predicted octanol–water partition coefficient (Wildman–Crippen LogP) is 4.20. The summed E-state index contributed by atoms with van der Waals surface area (Å²) in [7, 11) is -1.06. The normalized spacial score (nSPS) is 12.7. The Morgan fingerprint density at radius 1 is 1.21 bits per heavy atom. The van der Waals surface area contributed by atoms with Crippen LogP contribution in [0.2, 0.25) is 11.6 Å². The first-order valence-electron chi connectivity index (χ1n) is 7.92. The van der Waals surface area contributed by atoms with E-state index in [-0.39, 0.29) is 5.04 Å². The molecule has 0 fully saturated rings. The number of benzene rings is 1. The standard InChI is InChI=1S/C17H26N3O3Si/c1-16(2,3)22-15(21)20-13-10-11(23-24(7)17(4,5)6)8-9-12(13)14(18)19-20/h8-10H,1-7H3,(H2,18,19). The zero-order chi connectivity index (χ0) is 18.3.